The second kappa shape index (κ2) is 9.36. The van der Waals surface area contributed by atoms with Gasteiger partial charge in [-0.05, 0) is 78.4 Å². The summed E-state index contributed by atoms with van der Waals surface area (Å²) in [7, 11) is 4.24. The molecule has 0 radical (unpaired) electrons. The molecule has 0 amide bonds. The molecule has 0 saturated heterocycles. The topological polar surface area (TPSA) is 40.9 Å². The van der Waals surface area contributed by atoms with Crippen LogP contribution >= 0.6 is 0 Å². The molecule has 1 aliphatic heterocycles. The molecule has 5 nitrogen and oxygen atoms in total. The molecule has 0 unspecified atom stereocenters. The van der Waals surface area contributed by atoms with Gasteiger partial charge in [-0.2, -0.15) is 0 Å². The summed E-state index contributed by atoms with van der Waals surface area (Å²) in [6.45, 7) is 20.4. The van der Waals surface area contributed by atoms with Crippen molar-refractivity contribution in [3.63, 3.8) is 0 Å². The Morgan fingerprint density at radius 3 is 2.34 bits per heavy atom. The first-order chi connectivity index (χ1) is 16.4. The fourth-order valence-electron chi connectivity index (χ4n) is 5.32. The minimum absolute atomic E-state index is 0.0368. The maximum Gasteiger partial charge on any atom is 0.140 e. The molecular weight excluding hydrogens is 434 g/mol. The summed E-state index contributed by atoms with van der Waals surface area (Å²) in [5.74, 6) is 0.0368. The predicted molar refractivity (Wildman–Crippen MR) is 148 cm³/mol. The molecule has 0 bridgehead atoms. The first kappa shape index (κ1) is 25.3. The number of rotatable bonds is 7. The van der Waals surface area contributed by atoms with E-state index in [1.165, 1.54) is 27.8 Å². The van der Waals surface area contributed by atoms with E-state index in [0.29, 0.717) is 0 Å². The summed E-state index contributed by atoms with van der Waals surface area (Å²) in [4.78, 5) is 4.74. The number of hydrogen-bond donors (Lipinski definition) is 1. The van der Waals surface area contributed by atoms with E-state index in [0.717, 1.165) is 48.4 Å². The highest BCUT2D eigenvalue weighted by Crippen LogP contribution is 2.48. The highest BCUT2D eigenvalue weighted by molar-refractivity contribution is 6.06. The molecule has 2 aromatic carbocycles. The molecule has 0 spiro atoms. The third-order valence-electron chi connectivity index (χ3n) is 6.93. The smallest absolute Gasteiger partial charge is 0.140 e. The Morgan fingerprint density at radius 1 is 1.11 bits per heavy atom. The third-order valence-corrected chi connectivity index (χ3v) is 6.93. The van der Waals surface area contributed by atoms with Crippen molar-refractivity contribution in [2.45, 2.75) is 59.8 Å². The lowest BCUT2D eigenvalue weighted by molar-refractivity contribution is -0.0594. The molecule has 0 aliphatic carbocycles. The zero-order valence-corrected chi connectivity index (χ0v) is 22.7. The van der Waals surface area contributed by atoms with Crippen LogP contribution in [-0.4, -0.2) is 53.9 Å². The fraction of sp³-hybridized carbons (Fsp3) is 0.467. The van der Waals surface area contributed by atoms with Crippen LogP contribution in [0, 0.1) is 20.8 Å². The summed E-state index contributed by atoms with van der Waals surface area (Å²) in [6, 6.07) is 11.0. The Morgan fingerprint density at radius 2 is 1.77 bits per heavy atom. The summed E-state index contributed by atoms with van der Waals surface area (Å²) in [5.41, 5.74) is 8.97. The van der Waals surface area contributed by atoms with Crippen molar-refractivity contribution in [2.24, 2.45) is 0 Å². The first-order valence-electron chi connectivity index (χ1n) is 12.6. The number of benzene rings is 2. The van der Waals surface area contributed by atoms with E-state index in [1.807, 2.05) is 20.8 Å². The van der Waals surface area contributed by atoms with Crippen LogP contribution in [0.4, 0.5) is 5.69 Å². The van der Waals surface area contributed by atoms with Crippen LogP contribution in [0.3, 0.4) is 0 Å². The van der Waals surface area contributed by atoms with Gasteiger partial charge in [0, 0.05) is 42.8 Å². The van der Waals surface area contributed by atoms with Crippen LogP contribution in [0.15, 0.2) is 42.7 Å². The minimum atomic E-state index is -0.631. The number of ether oxygens (including phenoxy) is 1. The second-order valence-corrected chi connectivity index (χ2v) is 11.2. The molecule has 0 saturated carbocycles. The van der Waals surface area contributed by atoms with Gasteiger partial charge in [0.2, 0.25) is 0 Å². The van der Waals surface area contributed by atoms with Crippen LogP contribution in [0.25, 0.3) is 22.0 Å². The van der Waals surface area contributed by atoms with E-state index >= 15 is 0 Å². The summed E-state index contributed by atoms with van der Waals surface area (Å²) in [6.07, 6.45) is -0.631. The van der Waals surface area contributed by atoms with Crippen LogP contribution in [-0.2, 0) is 11.3 Å². The van der Waals surface area contributed by atoms with Crippen molar-refractivity contribution in [1.82, 2.24) is 9.47 Å². The number of hydrogen-bond acceptors (Lipinski definition) is 4. The van der Waals surface area contributed by atoms with Gasteiger partial charge in [-0.25, -0.2) is 0 Å². The quantitative estimate of drug-likeness (QED) is 0.394. The van der Waals surface area contributed by atoms with Gasteiger partial charge in [-0.15, -0.1) is 0 Å². The number of aliphatic hydroxyl groups is 1. The zero-order chi connectivity index (χ0) is 25.7. The molecule has 3 aromatic rings. The molecule has 35 heavy (non-hydrogen) atoms. The van der Waals surface area contributed by atoms with E-state index in [-0.39, 0.29) is 5.76 Å². The summed E-state index contributed by atoms with van der Waals surface area (Å²) in [5, 5.41) is 12.1. The van der Waals surface area contributed by atoms with Gasteiger partial charge in [0.05, 0.1) is 16.8 Å². The number of aryl methyl sites for hydroxylation is 2. The predicted octanol–water partition coefficient (Wildman–Crippen LogP) is 6.54. The molecular formula is C30H41N3O2. The van der Waals surface area contributed by atoms with Crippen molar-refractivity contribution in [1.29, 1.82) is 0 Å². The third kappa shape index (κ3) is 4.85. The monoisotopic (exact) mass is 475 g/mol. The van der Waals surface area contributed by atoms with Crippen LogP contribution in [0.1, 0.15) is 49.3 Å². The van der Waals surface area contributed by atoms with E-state index in [9.17, 15) is 5.11 Å². The molecule has 1 atom stereocenters. The lowest BCUT2D eigenvalue weighted by Crippen LogP contribution is -2.37. The molecule has 1 N–H and O–H groups in total. The molecule has 1 aliphatic rings. The largest absolute Gasteiger partial charge is 0.510 e. The maximum atomic E-state index is 10.9. The van der Waals surface area contributed by atoms with Crippen LogP contribution < -0.4 is 4.90 Å². The molecule has 4 rings (SSSR count). The van der Waals surface area contributed by atoms with Gasteiger partial charge in [0.15, 0.2) is 0 Å². The van der Waals surface area contributed by atoms with Crippen LogP contribution in [0.2, 0.25) is 0 Å². The summed E-state index contributed by atoms with van der Waals surface area (Å²) < 4.78 is 8.96. The lowest BCUT2D eigenvalue weighted by atomic mass is 9.86. The Labute approximate surface area is 210 Å². The van der Waals surface area contributed by atoms with Crippen molar-refractivity contribution < 1.29 is 9.84 Å². The Kier molecular flexibility index (Phi) is 6.78. The molecule has 0 fully saturated rings. The second-order valence-electron chi connectivity index (χ2n) is 11.2. The van der Waals surface area contributed by atoms with Crippen molar-refractivity contribution >= 4 is 16.6 Å². The zero-order valence-electron chi connectivity index (χ0n) is 22.7. The SMILES string of the molecule is C=C(O)[C@@H](OC(C)(C)C)c1c(C)c2c3c(cc(C)n3CCN2CCN(C)C)c1-c1ccc(C)cc1. The number of anilines is 1. The van der Waals surface area contributed by atoms with Gasteiger partial charge in [-0.1, -0.05) is 36.4 Å². The number of nitrogens with zero attached hydrogens (tertiary/aromatic N) is 3. The minimum Gasteiger partial charge on any atom is -0.510 e. The van der Waals surface area contributed by atoms with Crippen molar-refractivity contribution in [2.75, 3.05) is 38.6 Å². The molecule has 5 heteroatoms. The lowest BCUT2D eigenvalue weighted by Gasteiger charge is -2.37. The number of aliphatic hydroxyl groups excluding tert-OH is 1. The number of aromatic nitrogens is 1. The Hall–Kier alpha value is -2.76. The first-order valence-corrected chi connectivity index (χ1v) is 12.6. The van der Waals surface area contributed by atoms with Crippen LogP contribution in [0.5, 0.6) is 0 Å². The molecule has 1 aromatic heterocycles. The average molecular weight is 476 g/mol. The van der Waals surface area contributed by atoms with Gasteiger partial charge in [0.1, 0.15) is 11.9 Å². The van der Waals surface area contributed by atoms with Gasteiger partial charge in [-0.3, -0.25) is 0 Å². The van der Waals surface area contributed by atoms with E-state index in [2.05, 4.69) is 86.1 Å². The van der Waals surface area contributed by atoms with E-state index < -0.39 is 11.7 Å². The van der Waals surface area contributed by atoms with Gasteiger partial charge in [0.25, 0.3) is 0 Å². The van der Waals surface area contributed by atoms with Gasteiger partial charge < -0.3 is 24.2 Å². The highest BCUT2D eigenvalue weighted by Gasteiger charge is 2.34. The maximum absolute atomic E-state index is 10.9. The normalized spacial score (nSPS) is 14.7. The standard InChI is InChI=1S/C30H41N3O2/c1-19-10-12-23(13-11-19)26-24-18-20(2)33-17-16-32(15-14-31(8)9)27(28(24)33)21(3)25(26)29(22(4)34)35-30(5,6)7/h10-13,18,29,34H,4,14-17H2,1-3,5-9H3/t29-/m1/s1. The Balaban J connectivity index is 2.09. The highest BCUT2D eigenvalue weighted by atomic mass is 16.5. The molecule has 2 heterocycles. The fourth-order valence-corrected chi connectivity index (χ4v) is 5.32. The van der Waals surface area contributed by atoms with Crippen molar-refractivity contribution in [3.8, 4) is 11.1 Å². The number of likely N-dealkylation sites (N-methyl/N-ethyl adjacent to an activating group) is 1. The van der Waals surface area contributed by atoms with Gasteiger partial charge >= 0.3 is 0 Å². The Bertz CT molecular complexity index is 1250. The molecule has 188 valence electrons. The summed E-state index contributed by atoms with van der Waals surface area (Å²) >= 11 is 0. The van der Waals surface area contributed by atoms with E-state index in [4.69, 9.17) is 4.74 Å². The van der Waals surface area contributed by atoms with E-state index in [1.54, 1.807) is 0 Å². The average Bonchev–Trinajstić information content (AvgIpc) is 3.10. The van der Waals surface area contributed by atoms with Crippen molar-refractivity contribution in [3.05, 3.63) is 65.1 Å².